The monoisotopic (exact) mass is 337 g/mol. The van der Waals surface area contributed by atoms with E-state index in [1.165, 1.54) is 0 Å². The van der Waals surface area contributed by atoms with Gasteiger partial charge in [0.2, 0.25) is 0 Å². The Hall–Kier alpha value is -1.89. The van der Waals surface area contributed by atoms with E-state index in [0.717, 1.165) is 5.69 Å². The van der Waals surface area contributed by atoms with Crippen LogP contribution in [0.15, 0.2) is 6.07 Å². The van der Waals surface area contributed by atoms with Crippen LogP contribution in [0.2, 0.25) is 0 Å². The molecule has 7 nitrogen and oxygen atoms in total. The minimum Gasteiger partial charge on any atom is -0.481 e. The summed E-state index contributed by atoms with van der Waals surface area (Å²) in [5, 5.41) is 16.6. The molecule has 1 unspecified atom stereocenters. The van der Waals surface area contributed by atoms with E-state index in [0.29, 0.717) is 31.7 Å². The molecule has 134 valence electrons. The summed E-state index contributed by atoms with van der Waals surface area (Å²) in [4.78, 5) is 24.0. The molecule has 1 aromatic heterocycles. The van der Waals surface area contributed by atoms with E-state index >= 15 is 0 Å². The van der Waals surface area contributed by atoms with Crippen molar-refractivity contribution in [1.29, 1.82) is 0 Å². The number of carbonyl (C=O) groups is 2. The maximum absolute atomic E-state index is 12.4. The first kappa shape index (κ1) is 18.4. The van der Waals surface area contributed by atoms with Crippen LogP contribution in [-0.2, 0) is 22.0 Å². The lowest BCUT2D eigenvalue weighted by atomic mass is 9.86. The number of hydrogen-bond donors (Lipinski definition) is 2. The predicted molar refractivity (Wildman–Crippen MR) is 88.9 cm³/mol. The number of rotatable bonds is 5. The van der Waals surface area contributed by atoms with Gasteiger partial charge in [0, 0.05) is 32.2 Å². The Morgan fingerprint density at radius 1 is 1.42 bits per heavy atom. The van der Waals surface area contributed by atoms with Crippen LogP contribution >= 0.6 is 0 Å². The smallest absolute Gasteiger partial charge is 0.308 e. The van der Waals surface area contributed by atoms with E-state index in [2.05, 4.69) is 10.4 Å². The summed E-state index contributed by atoms with van der Waals surface area (Å²) in [5.74, 6) is -1.72. The van der Waals surface area contributed by atoms with Gasteiger partial charge in [-0.1, -0.05) is 20.8 Å². The van der Waals surface area contributed by atoms with Gasteiger partial charge in [0.05, 0.1) is 11.6 Å². The molecule has 1 amide bonds. The van der Waals surface area contributed by atoms with E-state index in [-0.39, 0.29) is 23.8 Å². The predicted octanol–water partition coefficient (Wildman–Crippen LogP) is 1.57. The molecular weight excluding hydrogens is 310 g/mol. The number of hydrogen-bond acceptors (Lipinski definition) is 4. The second kappa shape index (κ2) is 7.34. The highest BCUT2D eigenvalue weighted by Crippen LogP contribution is 2.24. The summed E-state index contributed by atoms with van der Waals surface area (Å²) in [6.45, 7) is 7.38. The van der Waals surface area contributed by atoms with E-state index < -0.39 is 11.9 Å². The van der Waals surface area contributed by atoms with Gasteiger partial charge in [0.1, 0.15) is 5.69 Å². The molecular formula is C17H27N3O4. The molecule has 1 aliphatic rings. The lowest BCUT2D eigenvalue weighted by molar-refractivity contribution is -0.144. The van der Waals surface area contributed by atoms with Crippen molar-refractivity contribution in [3.05, 3.63) is 17.5 Å². The van der Waals surface area contributed by atoms with E-state index in [1.807, 2.05) is 20.8 Å². The fourth-order valence-electron chi connectivity index (χ4n) is 2.91. The van der Waals surface area contributed by atoms with Crippen LogP contribution < -0.4 is 5.32 Å². The lowest BCUT2D eigenvalue weighted by Gasteiger charge is -2.27. The molecule has 0 aliphatic carbocycles. The number of amides is 1. The molecule has 0 radical (unpaired) electrons. The Kier molecular flexibility index (Phi) is 5.64. The quantitative estimate of drug-likeness (QED) is 0.851. The number of aliphatic carboxylic acids is 1. The highest BCUT2D eigenvalue weighted by Gasteiger charge is 2.30. The normalized spacial score (nSPS) is 17.5. The van der Waals surface area contributed by atoms with E-state index in [9.17, 15) is 14.7 Å². The van der Waals surface area contributed by atoms with Crippen LogP contribution in [0.5, 0.6) is 0 Å². The van der Waals surface area contributed by atoms with Gasteiger partial charge in [-0.05, 0) is 24.8 Å². The molecule has 0 aromatic carbocycles. The topological polar surface area (TPSA) is 93.5 Å². The van der Waals surface area contributed by atoms with Crippen LogP contribution in [0.4, 0.5) is 0 Å². The van der Waals surface area contributed by atoms with Crippen LogP contribution in [-0.4, -0.2) is 46.5 Å². The van der Waals surface area contributed by atoms with E-state index in [4.69, 9.17) is 4.74 Å². The van der Waals surface area contributed by atoms with Gasteiger partial charge in [-0.15, -0.1) is 0 Å². The minimum absolute atomic E-state index is 0.0354. The maximum Gasteiger partial charge on any atom is 0.308 e. The van der Waals surface area contributed by atoms with Gasteiger partial charge in [-0.2, -0.15) is 5.10 Å². The third-order valence-corrected chi connectivity index (χ3v) is 4.52. The molecule has 24 heavy (non-hydrogen) atoms. The van der Waals surface area contributed by atoms with Gasteiger partial charge < -0.3 is 15.2 Å². The Labute approximate surface area is 142 Å². The number of aromatic nitrogens is 2. The molecule has 2 rings (SSSR count). The summed E-state index contributed by atoms with van der Waals surface area (Å²) in [7, 11) is 1.72. The number of carboxylic acids is 1. The number of nitrogens with one attached hydrogen (secondary N) is 1. The van der Waals surface area contributed by atoms with Crippen LogP contribution in [0.3, 0.4) is 0 Å². The van der Waals surface area contributed by atoms with Crippen molar-refractivity contribution in [3.8, 4) is 0 Å². The van der Waals surface area contributed by atoms with Crippen LogP contribution in [0.1, 0.15) is 49.8 Å². The van der Waals surface area contributed by atoms with Gasteiger partial charge in [-0.25, -0.2) is 0 Å². The first-order chi connectivity index (χ1) is 11.2. The zero-order valence-corrected chi connectivity index (χ0v) is 14.8. The molecule has 7 heteroatoms. The fourth-order valence-corrected chi connectivity index (χ4v) is 2.91. The summed E-state index contributed by atoms with van der Waals surface area (Å²) < 4.78 is 6.82. The molecule has 2 heterocycles. The molecule has 1 fully saturated rings. The highest BCUT2D eigenvalue weighted by molar-refractivity contribution is 5.93. The van der Waals surface area contributed by atoms with Gasteiger partial charge in [0.15, 0.2) is 0 Å². The van der Waals surface area contributed by atoms with Crippen molar-refractivity contribution in [2.75, 3.05) is 19.8 Å². The summed E-state index contributed by atoms with van der Waals surface area (Å²) in [6.07, 6.45) is 1.43. The summed E-state index contributed by atoms with van der Waals surface area (Å²) in [6, 6.07) is 1.76. The molecule has 1 atom stereocenters. The number of nitrogens with zero attached hydrogens (tertiary/aromatic N) is 2. The Morgan fingerprint density at radius 3 is 2.54 bits per heavy atom. The molecule has 1 aromatic rings. The fraction of sp³-hybridized carbons (Fsp3) is 0.706. The second-order valence-electron chi connectivity index (χ2n) is 7.39. The zero-order chi connectivity index (χ0) is 17.9. The summed E-state index contributed by atoms with van der Waals surface area (Å²) >= 11 is 0. The molecule has 0 saturated carbocycles. The standard InChI is InChI=1S/C17H27N3O4/c1-17(2,3)14-9-13(20(4)19-14)15(21)18-10-12(16(22)23)11-5-7-24-8-6-11/h9,11-12H,5-8,10H2,1-4H3,(H,18,21)(H,22,23). The Morgan fingerprint density at radius 2 is 2.04 bits per heavy atom. The zero-order valence-electron chi connectivity index (χ0n) is 14.8. The molecule has 0 bridgehead atoms. The highest BCUT2D eigenvalue weighted by atomic mass is 16.5. The molecule has 1 saturated heterocycles. The molecule has 1 aliphatic heterocycles. The Bertz CT molecular complexity index is 597. The van der Waals surface area contributed by atoms with Gasteiger partial charge in [0.25, 0.3) is 5.91 Å². The molecule has 2 N–H and O–H groups in total. The van der Waals surface area contributed by atoms with Crippen molar-refractivity contribution < 1.29 is 19.4 Å². The number of ether oxygens (including phenoxy) is 1. The van der Waals surface area contributed by atoms with Crippen LogP contribution in [0.25, 0.3) is 0 Å². The Balaban J connectivity index is 2.03. The number of carbonyl (C=O) groups excluding carboxylic acids is 1. The van der Waals surface area contributed by atoms with Crippen molar-refractivity contribution in [1.82, 2.24) is 15.1 Å². The maximum atomic E-state index is 12.4. The van der Waals surface area contributed by atoms with E-state index in [1.54, 1.807) is 17.8 Å². The van der Waals surface area contributed by atoms with Crippen molar-refractivity contribution >= 4 is 11.9 Å². The van der Waals surface area contributed by atoms with Crippen molar-refractivity contribution in [2.24, 2.45) is 18.9 Å². The first-order valence-electron chi connectivity index (χ1n) is 8.33. The van der Waals surface area contributed by atoms with Gasteiger partial charge >= 0.3 is 5.97 Å². The van der Waals surface area contributed by atoms with Crippen molar-refractivity contribution in [2.45, 2.75) is 39.0 Å². The minimum atomic E-state index is -0.873. The largest absolute Gasteiger partial charge is 0.481 e. The average molecular weight is 337 g/mol. The van der Waals surface area contributed by atoms with Crippen LogP contribution in [0, 0.1) is 11.8 Å². The molecule has 0 spiro atoms. The SMILES string of the molecule is Cn1nc(C(C)(C)C)cc1C(=O)NCC(C(=O)O)C1CCOCC1. The van der Waals surface area contributed by atoms with Crippen molar-refractivity contribution in [3.63, 3.8) is 0 Å². The average Bonchev–Trinajstić information content (AvgIpc) is 2.90. The van der Waals surface area contributed by atoms with Gasteiger partial charge in [-0.3, -0.25) is 14.3 Å². The third kappa shape index (κ3) is 4.35. The second-order valence-corrected chi connectivity index (χ2v) is 7.39. The third-order valence-electron chi connectivity index (χ3n) is 4.52. The number of aryl methyl sites for hydroxylation is 1. The summed E-state index contributed by atoms with van der Waals surface area (Å²) in [5.41, 5.74) is 1.12. The first-order valence-corrected chi connectivity index (χ1v) is 8.33. The number of carboxylic acid groups (broad SMARTS) is 1. The lowest BCUT2D eigenvalue weighted by Crippen LogP contribution is -2.39.